The summed E-state index contributed by atoms with van der Waals surface area (Å²) < 4.78 is 40.1. The Morgan fingerprint density at radius 3 is 2.08 bits per heavy atom. The van der Waals surface area contributed by atoms with Gasteiger partial charge in [0.05, 0.1) is 17.4 Å². The second-order valence-corrected chi connectivity index (χ2v) is 11.4. The summed E-state index contributed by atoms with van der Waals surface area (Å²) in [6.07, 6.45) is 2.06. The summed E-state index contributed by atoms with van der Waals surface area (Å²) in [4.78, 5) is 41.6. The third kappa shape index (κ3) is 8.94. The van der Waals surface area contributed by atoms with Crippen molar-refractivity contribution in [3.63, 3.8) is 0 Å². The van der Waals surface area contributed by atoms with E-state index in [-0.39, 0.29) is 30.8 Å². The Kier molecular flexibility index (Phi) is 11.3. The molecule has 208 valence electrons. The Bertz CT molecular complexity index is 1080. The van der Waals surface area contributed by atoms with Gasteiger partial charge in [-0.25, -0.2) is 15.0 Å². The number of imidazole rings is 1. The molecule has 0 radical (unpaired) electrons. The van der Waals surface area contributed by atoms with Gasteiger partial charge in [0.2, 0.25) is 19.2 Å². The summed E-state index contributed by atoms with van der Waals surface area (Å²) in [6, 6.07) is 0. The number of hydrogen-bond donors (Lipinski definition) is 1. The highest BCUT2D eigenvalue weighted by molar-refractivity contribution is 7.53. The Labute approximate surface area is 223 Å². The molecule has 2 N–H and O–H groups in total. The smallest absolute Gasteiger partial charge is 0.361 e. The molecule has 0 aliphatic heterocycles. The van der Waals surface area contributed by atoms with Crippen LogP contribution in [0.2, 0.25) is 0 Å². The van der Waals surface area contributed by atoms with Gasteiger partial charge in [0, 0.05) is 11.8 Å². The molecule has 0 aliphatic rings. The molecule has 2 rings (SSSR count). The van der Waals surface area contributed by atoms with Gasteiger partial charge in [-0.1, -0.05) is 0 Å². The fourth-order valence-electron chi connectivity index (χ4n) is 2.23. The second-order valence-electron chi connectivity index (χ2n) is 8.88. The average molecular weight is 586 g/mol. The van der Waals surface area contributed by atoms with Crippen LogP contribution >= 0.6 is 30.8 Å². The minimum atomic E-state index is -4.05. The summed E-state index contributed by atoms with van der Waals surface area (Å²) in [5, 5.41) is 0. The highest BCUT2D eigenvalue weighted by Gasteiger charge is 2.32. The molecular formula is C20H30Cl2N5O9P. The van der Waals surface area contributed by atoms with E-state index in [1.54, 1.807) is 27.7 Å². The number of esters is 2. The van der Waals surface area contributed by atoms with Crippen molar-refractivity contribution in [3.05, 3.63) is 12.7 Å². The number of rotatable bonds is 16. The lowest BCUT2D eigenvalue weighted by Crippen LogP contribution is -2.29. The van der Waals surface area contributed by atoms with E-state index >= 15 is 0 Å². The first-order valence-electron chi connectivity index (χ1n) is 10.8. The van der Waals surface area contributed by atoms with Gasteiger partial charge in [-0.05, 0) is 27.7 Å². The third-order valence-electron chi connectivity index (χ3n) is 4.69. The van der Waals surface area contributed by atoms with Gasteiger partial charge >= 0.3 is 19.5 Å². The highest BCUT2D eigenvalue weighted by Crippen LogP contribution is 2.48. The maximum atomic E-state index is 13.1. The molecule has 0 saturated carbocycles. The molecule has 0 atom stereocenters. The molecule has 14 nitrogen and oxygen atoms in total. The molecule has 0 saturated heterocycles. The summed E-state index contributed by atoms with van der Waals surface area (Å²) in [5.74, 6) is -1.14. The molecule has 17 heteroatoms. The van der Waals surface area contributed by atoms with Crippen molar-refractivity contribution in [2.45, 2.75) is 27.7 Å². The number of fused-ring (bicyclic) bond motifs is 1. The first-order chi connectivity index (χ1) is 17.3. The van der Waals surface area contributed by atoms with Crippen molar-refractivity contribution in [1.29, 1.82) is 0 Å². The third-order valence-corrected chi connectivity index (χ3v) is 7.52. The average Bonchev–Trinajstić information content (AvgIpc) is 3.28. The molecule has 0 amide bonds. The van der Waals surface area contributed by atoms with E-state index in [0.717, 1.165) is 0 Å². The zero-order chi connectivity index (χ0) is 27.7. The Balaban J connectivity index is 1.90. The largest absolute Gasteiger partial charge is 0.438 e. The lowest BCUT2D eigenvalue weighted by Gasteiger charge is -2.23. The van der Waals surface area contributed by atoms with E-state index in [2.05, 4.69) is 15.0 Å². The topological polar surface area (TPSA) is 176 Å². The molecule has 0 bridgehead atoms. The summed E-state index contributed by atoms with van der Waals surface area (Å²) >= 11 is 11.5. The number of halogens is 2. The molecule has 0 aliphatic carbocycles. The number of aromatic nitrogens is 4. The number of alkyl halides is 2. The Morgan fingerprint density at radius 1 is 0.973 bits per heavy atom. The molecule has 2 aromatic rings. The van der Waals surface area contributed by atoms with Crippen LogP contribution in [0.4, 0.5) is 5.82 Å². The standard InChI is InChI=1S/C20H30Cl2N5O9P/c1-19(2,7-21)17(28)32-11-35-37(30,36-12-33-18(29)20(3,4)8-22)13-31-5-6-34-27-10-26-14-15(23)24-9-25-16(14)27/h9-10H,5-8,11-13H2,1-4H3,(H2,23,24,25). The van der Waals surface area contributed by atoms with Crippen LogP contribution in [0.15, 0.2) is 12.7 Å². The summed E-state index contributed by atoms with van der Waals surface area (Å²) in [5.41, 5.74) is 4.48. The number of carbonyl (C=O) groups excluding carboxylic acids is 2. The fourth-order valence-corrected chi connectivity index (χ4v) is 3.45. The fraction of sp³-hybridized carbons (Fsp3) is 0.650. The maximum Gasteiger partial charge on any atom is 0.361 e. The van der Waals surface area contributed by atoms with Crippen molar-refractivity contribution in [3.8, 4) is 0 Å². The van der Waals surface area contributed by atoms with Crippen molar-refractivity contribution in [2.24, 2.45) is 10.8 Å². The predicted octanol–water partition coefficient (Wildman–Crippen LogP) is 2.57. The summed E-state index contributed by atoms with van der Waals surface area (Å²) in [7, 11) is -4.05. The van der Waals surface area contributed by atoms with Crippen molar-refractivity contribution in [1.82, 2.24) is 19.7 Å². The quantitative estimate of drug-likeness (QED) is 0.0999. The lowest BCUT2D eigenvalue weighted by atomic mass is 9.97. The molecule has 2 heterocycles. The van der Waals surface area contributed by atoms with E-state index in [1.807, 2.05) is 0 Å². The van der Waals surface area contributed by atoms with Crippen molar-refractivity contribution >= 4 is 59.7 Å². The van der Waals surface area contributed by atoms with E-state index in [0.29, 0.717) is 11.2 Å². The zero-order valence-electron chi connectivity index (χ0n) is 20.8. The van der Waals surface area contributed by atoms with Gasteiger partial charge in [0.15, 0.2) is 11.3 Å². The predicted molar refractivity (Wildman–Crippen MR) is 133 cm³/mol. The van der Waals surface area contributed by atoms with E-state index in [1.165, 1.54) is 17.4 Å². The molecule has 0 unspecified atom stereocenters. The van der Waals surface area contributed by atoms with Gasteiger partial charge in [0.1, 0.15) is 25.6 Å². The first kappa shape index (κ1) is 31.0. The van der Waals surface area contributed by atoms with Crippen molar-refractivity contribution < 1.29 is 42.2 Å². The number of hydrogen-bond acceptors (Lipinski definition) is 13. The Hall–Kier alpha value is -2.22. The number of nitrogens with two attached hydrogens (primary N) is 1. The molecule has 0 spiro atoms. The van der Waals surface area contributed by atoms with Gasteiger partial charge in [-0.2, -0.15) is 4.73 Å². The van der Waals surface area contributed by atoms with Crippen LogP contribution in [0.25, 0.3) is 11.2 Å². The number of ether oxygens (including phenoxy) is 3. The minimum absolute atomic E-state index is 0.000238. The van der Waals surface area contributed by atoms with E-state index < -0.39 is 50.3 Å². The highest BCUT2D eigenvalue weighted by atomic mass is 35.5. The molecule has 0 aromatic carbocycles. The minimum Gasteiger partial charge on any atom is -0.438 e. The van der Waals surface area contributed by atoms with Crippen LogP contribution < -0.4 is 10.6 Å². The van der Waals surface area contributed by atoms with Crippen LogP contribution in [0.1, 0.15) is 27.7 Å². The monoisotopic (exact) mass is 585 g/mol. The van der Waals surface area contributed by atoms with Crippen LogP contribution in [-0.2, 0) is 37.4 Å². The first-order valence-corrected chi connectivity index (χ1v) is 13.6. The van der Waals surface area contributed by atoms with Crippen molar-refractivity contribution in [2.75, 3.05) is 50.6 Å². The molecule has 0 fully saturated rings. The SMILES string of the molecule is CC(C)(CCl)C(=O)OCOP(=O)(COCCOn1cnc2c(N)ncnc21)OCOC(=O)C(C)(C)CCl. The Morgan fingerprint density at radius 2 is 1.54 bits per heavy atom. The zero-order valence-corrected chi connectivity index (χ0v) is 23.3. The van der Waals surface area contributed by atoms with Crippen LogP contribution in [0.5, 0.6) is 0 Å². The number of nitrogens with zero attached hydrogens (tertiary/aromatic N) is 4. The molecule has 37 heavy (non-hydrogen) atoms. The van der Waals surface area contributed by atoms with Gasteiger partial charge in [0.25, 0.3) is 0 Å². The normalized spacial score (nSPS) is 12.5. The molecule has 2 aromatic heterocycles. The second kappa shape index (κ2) is 13.5. The summed E-state index contributed by atoms with van der Waals surface area (Å²) in [6.45, 7) is 4.81. The number of carbonyl (C=O) groups is 2. The van der Waals surface area contributed by atoms with Gasteiger partial charge < -0.3 is 24.8 Å². The van der Waals surface area contributed by atoms with Gasteiger partial charge in [-0.15, -0.1) is 23.2 Å². The molecular weight excluding hydrogens is 556 g/mol. The van der Waals surface area contributed by atoms with Crippen LogP contribution in [0, 0.1) is 10.8 Å². The van der Waals surface area contributed by atoms with Crippen LogP contribution in [0.3, 0.4) is 0 Å². The van der Waals surface area contributed by atoms with E-state index in [4.69, 9.17) is 57.0 Å². The number of anilines is 1. The number of nitrogen functional groups attached to an aromatic ring is 1. The van der Waals surface area contributed by atoms with Gasteiger partial charge in [-0.3, -0.25) is 23.2 Å². The van der Waals surface area contributed by atoms with Crippen LogP contribution in [-0.4, -0.2) is 76.5 Å². The van der Waals surface area contributed by atoms with E-state index in [9.17, 15) is 14.2 Å². The maximum absolute atomic E-state index is 13.1. The lowest BCUT2D eigenvalue weighted by molar-refractivity contribution is -0.162.